The van der Waals surface area contributed by atoms with Crippen LogP contribution in [0.2, 0.25) is 0 Å². The van der Waals surface area contributed by atoms with Gasteiger partial charge in [0.05, 0.1) is 0 Å². The lowest BCUT2D eigenvalue weighted by atomic mass is 10.1. The van der Waals surface area contributed by atoms with Gasteiger partial charge in [-0.05, 0) is 44.9 Å². The zero-order chi connectivity index (χ0) is 15.2. The van der Waals surface area contributed by atoms with E-state index in [-0.39, 0.29) is 5.82 Å². The maximum atomic E-state index is 12.8. The van der Waals surface area contributed by atoms with Crippen LogP contribution >= 0.6 is 0 Å². The molecule has 1 aromatic heterocycles. The van der Waals surface area contributed by atoms with Crippen molar-refractivity contribution in [2.24, 2.45) is 0 Å². The van der Waals surface area contributed by atoms with Crippen molar-refractivity contribution in [3.63, 3.8) is 0 Å². The van der Waals surface area contributed by atoms with Gasteiger partial charge in [-0.3, -0.25) is 0 Å². The van der Waals surface area contributed by atoms with E-state index in [0.717, 1.165) is 48.1 Å². The molecule has 0 saturated carbocycles. The third kappa shape index (κ3) is 4.15. The summed E-state index contributed by atoms with van der Waals surface area (Å²) in [5.41, 5.74) is 2.11. The molecule has 0 saturated heterocycles. The van der Waals surface area contributed by atoms with Crippen LogP contribution in [-0.4, -0.2) is 23.1 Å². The molecule has 0 spiro atoms. The van der Waals surface area contributed by atoms with E-state index < -0.39 is 0 Å². The summed E-state index contributed by atoms with van der Waals surface area (Å²) >= 11 is 0. The minimum atomic E-state index is -0.204. The molecule has 0 radical (unpaired) electrons. The molecule has 21 heavy (non-hydrogen) atoms. The second kappa shape index (κ2) is 7.02. The highest BCUT2D eigenvalue weighted by Gasteiger charge is 2.08. The standard InChI is InChI=1S/C16H21FN4/c1-4-18-15-11(2)16(21-12(3)20-15)19-10-9-13-5-7-14(17)8-6-13/h5-8H,4,9-10H2,1-3H3,(H2,18,19,20,21). The Hall–Kier alpha value is -2.17. The number of halogens is 1. The molecule has 0 aliphatic rings. The Morgan fingerprint density at radius 1 is 1.00 bits per heavy atom. The Labute approximate surface area is 124 Å². The molecule has 1 heterocycles. The molecular formula is C16H21FN4. The minimum absolute atomic E-state index is 0.204. The molecule has 0 bridgehead atoms. The van der Waals surface area contributed by atoms with Crippen LogP contribution in [-0.2, 0) is 6.42 Å². The van der Waals surface area contributed by atoms with Gasteiger partial charge in [-0.25, -0.2) is 14.4 Å². The predicted molar refractivity (Wildman–Crippen MR) is 84.3 cm³/mol. The zero-order valence-electron chi connectivity index (χ0n) is 12.7. The van der Waals surface area contributed by atoms with Crippen molar-refractivity contribution in [3.05, 3.63) is 47.0 Å². The van der Waals surface area contributed by atoms with E-state index in [1.165, 1.54) is 12.1 Å². The van der Waals surface area contributed by atoms with Gasteiger partial charge in [0.15, 0.2) is 0 Å². The molecule has 0 unspecified atom stereocenters. The first-order chi connectivity index (χ1) is 10.1. The van der Waals surface area contributed by atoms with Crippen molar-refractivity contribution < 1.29 is 4.39 Å². The minimum Gasteiger partial charge on any atom is -0.370 e. The van der Waals surface area contributed by atoms with E-state index in [4.69, 9.17) is 0 Å². The number of anilines is 2. The van der Waals surface area contributed by atoms with Gasteiger partial charge in [0.1, 0.15) is 23.3 Å². The largest absolute Gasteiger partial charge is 0.370 e. The predicted octanol–water partition coefficient (Wildman–Crippen LogP) is 3.32. The molecule has 0 aliphatic heterocycles. The highest BCUT2D eigenvalue weighted by molar-refractivity contribution is 5.57. The van der Waals surface area contributed by atoms with Gasteiger partial charge in [0, 0.05) is 18.7 Å². The summed E-state index contributed by atoms with van der Waals surface area (Å²) in [5, 5.41) is 6.57. The average molecular weight is 288 g/mol. The van der Waals surface area contributed by atoms with E-state index in [2.05, 4.69) is 20.6 Å². The van der Waals surface area contributed by atoms with Crippen molar-refractivity contribution >= 4 is 11.6 Å². The van der Waals surface area contributed by atoms with Gasteiger partial charge < -0.3 is 10.6 Å². The Kier molecular flexibility index (Phi) is 5.09. The molecule has 2 rings (SSSR count). The van der Waals surface area contributed by atoms with Crippen LogP contribution in [0.5, 0.6) is 0 Å². The lowest BCUT2D eigenvalue weighted by Gasteiger charge is -2.13. The molecule has 0 amide bonds. The fourth-order valence-electron chi connectivity index (χ4n) is 2.12. The molecule has 0 atom stereocenters. The van der Waals surface area contributed by atoms with Crippen LogP contribution in [0.3, 0.4) is 0 Å². The number of aromatic nitrogens is 2. The summed E-state index contributed by atoms with van der Waals surface area (Å²) in [6.45, 7) is 7.49. The molecule has 5 heteroatoms. The SMILES string of the molecule is CCNc1nc(C)nc(NCCc2ccc(F)cc2)c1C. The van der Waals surface area contributed by atoms with Crippen molar-refractivity contribution in [2.75, 3.05) is 23.7 Å². The van der Waals surface area contributed by atoms with Crippen LogP contribution in [0.15, 0.2) is 24.3 Å². The van der Waals surface area contributed by atoms with Gasteiger partial charge in [-0.15, -0.1) is 0 Å². The topological polar surface area (TPSA) is 49.8 Å². The van der Waals surface area contributed by atoms with E-state index >= 15 is 0 Å². The first-order valence-electron chi connectivity index (χ1n) is 7.17. The molecular weight excluding hydrogens is 267 g/mol. The van der Waals surface area contributed by atoms with Crippen LogP contribution in [0.1, 0.15) is 23.9 Å². The highest BCUT2D eigenvalue weighted by atomic mass is 19.1. The summed E-state index contributed by atoms with van der Waals surface area (Å²) in [7, 11) is 0. The Morgan fingerprint density at radius 2 is 1.62 bits per heavy atom. The first-order valence-corrected chi connectivity index (χ1v) is 7.17. The van der Waals surface area contributed by atoms with Crippen LogP contribution in [0.25, 0.3) is 0 Å². The van der Waals surface area contributed by atoms with Gasteiger partial charge >= 0.3 is 0 Å². The second-order valence-corrected chi connectivity index (χ2v) is 4.93. The lowest BCUT2D eigenvalue weighted by molar-refractivity contribution is 0.627. The van der Waals surface area contributed by atoms with Crippen molar-refractivity contribution in [3.8, 4) is 0 Å². The molecule has 0 aliphatic carbocycles. The van der Waals surface area contributed by atoms with Crippen LogP contribution < -0.4 is 10.6 Å². The summed E-state index contributed by atoms with van der Waals surface area (Å²) in [5.74, 6) is 2.25. The van der Waals surface area contributed by atoms with Gasteiger partial charge in [0.2, 0.25) is 0 Å². The van der Waals surface area contributed by atoms with Gasteiger partial charge in [0.25, 0.3) is 0 Å². The molecule has 1 aromatic carbocycles. The number of nitrogens with zero attached hydrogens (tertiary/aromatic N) is 2. The summed E-state index contributed by atoms with van der Waals surface area (Å²) in [4.78, 5) is 8.83. The Bertz CT molecular complexity index is 596. The molecule has 2 N–H and O–H groups in total. The number of hydrogen-bond acceptors (Lipinski definition) is 4. The van der Waals surface area contributed by atoms with Crippen molar-refractivity contribution in [2.45, 2.75) is 27.2 Å². The number of rotatable bonds is 6. The molecule has 112 valence electrons. The monoisotopic (exact) mass is 288 g/mol. The Balaban J connectivity index is 2.01. The number of aryl methyl sites for hydroxylation is 1. The quantitative estimate of drug-likeness (QED) is 0.856. The maximum Gasteiger partial charge on any atom is 0.134 e. The first kappa shape index (κ1) is 15.2. The van der Waals surface area contributed by atoms with Crippen molar-refractivity contribution in [1.82, 2.24) is 9.97 Å². The van der Waals surface area contributed by atoms with Crippen LogP contribution in [0, 0.1) is 19.7 Å². The number of benzene rings is 1. The molecule has 2 aromatic rings. The fraction of sp³-hybridized carbons (Fsp3) is 0.375. The third-order valence-corrected chi connectivity index (χ3v) is 3.22. The second-order valence-electron chi connectivity index (χ2n) is 4.93. The number of hydrogen-bond donors (Lipinski definition) is 2. The summed E-state index contributed by atoms with van der Waals surface area (Å²) in [6, 6.07) is 6.58. The third-order valence-electron chi connectivity index (χ3n) is 3.22. The summed E-state index contributed by atoms with van der Waals surface area (Å²) < 4.78 is 12.8. The normalized spacial score (nSPS) is 10.5. The smallest absolute Gasteiger partial charge is 0.134 e. The lowest BCUT2D eigenvalue weighted by Crippen LogP contribution is -2.12. The van der Waals surface area contributed by atoms with Gasteiger partial charge in [-0.1, -0.05) is 12.1 Å². The highest BCUT2D eigenvalue weighted by Crippen LogP contribution is 2.19. The maximum absolute atomic E-state index is 12.8. The average Bonchev–Trinajstić information content (AvgIpc) is 2.46. The number of nitrogens with one attached hydrogen (secondary N) is 2. The van der Waals surface area contributed by atoms with Crippen molar-refractivity contribution in [1.29, 1.82) is 0 Å². The summed E-state index contributed by atoms with van der Waals surface area (Å²) in [6.07, 6.45) is 0.819. The van der Waals surface area contributed by atoms with E-state index in [9.17, 15) is 4.39 Å². The Morgan fingerprint density at radius 3 is 2.24 bits per heavy atom. The van der Waals surface area contributed by atoms with E-state index in [1.807, 2.05) is 20.8 Å². The van der Waals surface area contributed by atoms with E-state index in [1.54, 1.807) is 12.1 Å². The van der Waals surface area contributed by atoms with E-state index in [0.29, 0.717) is 0 Å². The van der Waals surface area contributed by atoms with Crippen LogP contribution in [0.4, 0.5) is 16.0 Å². The molecule has 4 nitrogen and oxygen atoms in total. The molecule has 0 fully saturated rings. The zero-order valence-corrected chi connectivity index (χ0v) is 12.7. The van der Waals surface area contributed by atoms with Gasteiger partial charge in [-0.2, -0.15) is 0 Å². The fourth-order valence-corrected chi connectivity index (χ4v) is 2.12.